The first-order chi connectivity index (χ1) is 14.3. The lowest BCUT2D eigenvalue weighted by Gasteiger charge is -2.34. The molecule has 2 aromatic carbocycles. The molecular weight excluding hydrogens is 362 g/mol. The van der Waals surface area contributed by atoms with E-state index in [1.807, 2.05) is 42.5 Å². The van der Waals surface area contributed by atoms with Gasteiger partial charge in [0.05, 0.1) is 5.52 Å². The molecule has 0 N–H and O–H groups in total. The van der Waals surface area contributed by atoms with Crippen LogP contribution >= 0.6 is 0 Å². The lowest BCUT2D eigenvalue weighted by Crippen LogP contribution is -2.35. The molecule has 2 aliphatic rings. The highest BCUT2D eigenvalue weighted by Crippen LogP contribution is 2.64. The molecule has 1 atom stereocenters. The largest absolute Gasteiger partial charge is 0.420 e. The lowest BCUT2D eigenvalue weighted by atomic mass is 9.90. The summed E-state index contributed by atoms with van der Waals surface area (Å²) in [6, 6.07) is 18.2. The fraction of sp³-hybridized carbons (Fsp3) is 0.304. The maximum Gasteiger partial charge on any atom is 0.247 e. The van der Waals surface area contributed by atoms with Gasteiger partial charge in [-0.25, -0.2) is 9.97 Å². The Bertz CT molecular complexity index is 1160. The second-order valence-electron chi connectivity index (χ2n) is 8.13. The minimum absolute atomic E-state index is 0.305. The molecule has 6 heteroatoms. The van der Waals surface area contributed by atoms with Gasteiger partial charge in [0.2, 0.25) is 11.8 Å². The number of anilines is 1. The van der Waals surface area contributed by atoms with Crippen molar-refractivity contribution >= 4 is 16.7 Å². The molecule has 6 rings (SSSR count). The van der Waals surface area contributed by atoms with Crippen molar-refractivity contribution in [1.29, 1.82) is 0 Å². The molecule has 2 aromatic heterocycles. The smallest absolute Gasteiger partial charge is 0.247 e. The van der Waals surface area contributed by atoms with Crippen LogP contribution in [-0.4, -0.2) is 33.3 Å². The minimum atomic E-state index is 0.305. The van der Waals surface area contributed by atoms with Crippen LogP contribution in [0.3, 0.4) is 0 Å². The van der Waals surface area contributed by atoms with Crippen molar-refractivity contribution in [2.24, 2.45) is 5.41 Å². The minimum Gasteiger partial charge on any atom is -0.420 e. The summed E-state index contributed by atoms with van der Waals surface area (Å²) in [5.41, 5.74) is 2.28. The number of benzene rings is 2. The number of fused-ring (bicyclic) bond motifs is 1. The molecule has 0 bridgehead atoms. The lowest BCUT2D eigenvalue weighted by molar-refractivity contribution is 0.352. The topological polar surface area (TPSA) is 67.9 Å². The van der Waals surface area contributed by atoms with Gasteiger partial charge in [0.1, 0.15) is 12.1 Å². The van der Waals surface area contributed by atoms with Gasteiger partial charge >= 0.3 is 0 Å². The molecule has 1 spiro atoms. The molecule has 4 aromatic rings. The SMILES string of the molecule is c1ccc(-c2nnc(C3CC34CCN(c3ncnc5ccccc35)CC4)o2)cc1. The number of nitrogens with zero attached hydrogens (tertiary/aromatic N) is 5. The highest BCUT2D eigenvalue weighted by molar-refractivity contribution is 5.89. The Morgan fingerprint density at radius 3 is 2.55 bits per heavy atom. The van der Waals surface area contributed by atoms with Crippen LogP contribution in [0.15, 0.2) is 65.3 Å². The summed E-state index contributed by atoms with van der Waals surface area (Å²) in [7, 11) is 0. The van der Waals surface area contributed by atoms with Gasteiger partial charge in [-0.3, -0.25) is 0 Å². The molecule has 29 heavy (non-hydrogen) atoms. The zero-order valence-corrected chi connectivity index (χ0v) is 16.0. The summed E-state index contributed by atoms with van der Waals surface area (Å²) in [6.07, 6.45) is 5.06. The van der Waals surface area contributed by atoms with Crippen LogP contribution < -0.4 is 4.90 Å². The normalized spacial score (nSPS) is 20.3. The first-order valence-corrected chi connectivity index (χ1v) is 10.2. The number of para-hydroxylation sites is 1. The number of rotatable bonds is 3. The Kier molecular flexibility index (Phi) is 3.66. The van der Waals surface area contributed by atoms with Crippen molar-refractivity contribution in [1.82, 2.24) is 20.2 Å². The van der Waals surface area contributed by atoms with E-state index in [-0.39, 0.29) is 0 Å². The van der Waals surface area contributed by atoms with E-state index in [1.54, 1.807) is 6.33 Å². The van der Waals surface area contributed by atoms with Crippen LogP contribution in [0.1, 0.15) is 31.1 Å². The molecule has 0 amide bonds. The monoisotopic (exact) mass is 383 g/mol. The Hall–Kier alpha value is -3.28. The first-order valence-electron chi connectivity index (χ1n) is 10.2. The zero-order chi connectivity index (χ0) is 19.3. The van der Waals surface area contributed by atoms with E-state index in [1.165, 1.54) is 0 Å². The van der Waals surface area contributed by atoms with Crippen LogP contribution in [0.5, 0.6) is 0 Å². The van der Waals surface area contributed by atoms with E-state index in [9.17, 15) is 0 Å². The van der Waals surface area contributed by atoms with Crippen molar-refractivity contribution < 1.29 is 4.42 Å². The van der Waals surface area contributed by atoms with Gasteiger partial charge in [0.15, 0.2) is 0 Å². The Balaban J connectivity index is 1.18. The summed E-state index contributed by atoms with van der Waals surface area (Å²) >= 11 is 0. The van der Waals surface area contributed by atoms with Gasteiger partial charge in [0.25, 0.3) is 0 Å². The van der Waals surface area contributed by atoms with Crippen molar-refractivity contribution in [3.05, 3.63) is 66.8 Å². The molecule has 2 fully saturated rings. The van der Waals surface area contributed by atoms with E-state index in [2.05, 4.69) is 37.2 Å². The highest BCUT2D eigenvalue weighted by atomic mass is 16.4. The van der Waals surface area contributed by atoms with Gasteiger partial charge < -0.3 is 9.32 Å². The molecule has 6 nitrogen and oxygen atoms in total. The first kappa shape index (κ1) is 16.7. The standard InChI is InChI=1S/C23H21N5O/c1-2-6-16(7-3-1)21-26-27-22(29-21)18-14-23(18)10-12-28(13-11-23)20-17-8-4-5-9-19(17)24-15-25-20/h1-9,15,18H,10-14H2. The third kappa shape index (κ3) is 2.78. The Labute approximate surface area is 168 Å². The van der Waals surface area contributed by atoms with Crippen LogP contribution in [0.4, 0.5) is 5.82 Å². The molecule has 1 aliphatic heterocycles. The molecule has 0 radical (unpaired) electrons. The third-order valence-corrected chi connectivity index (χ3v) is 6.53. The van der Waals surface area contributed by atoms with Crippen molar-refractivity contribution in [2.45, 2.75) is 25.2 Å². The van der Waals surface area contributed by atoms with Crippen molar-refractivity contribution in [3.8, 4) is 11.5 Å². The predicted octanol–water partition coefficient (Wildman–Crippen LogP) is 4.45. The number of hydrogen-bond donors (Lipinski definition) is 0. The molecule has 144 valence electrons. The summed E-state index contributed by atoms with van der Waals surface area (Å²) in [5.74, 6) is 2.85. The van der Waals surface area contributed by atoms with Gasteiger partial charge in [-0.1, -0.05) is 30.3 Å². The number of aromatic nitrogens is 4. The highest BCUT2D eigenvalue weighted by Gasteiger charge is 2.58. The average molecular weight is 383 g/mol. The van der Waals surface area contributed by atoms with Gasteiger partial charge in [-0.2, -0.15) is 0 Å². The Morgan fingerprint density at radius 1 is 0.897 bits per heavy atom. The summed E-state index contributed by atoms with van der Waals surface area (Å²) in [4.78, 5) is 11.4. The zero-order valence-electron chi connectivity index (χ0n) is 16.0. The van der Waals surface area contributed by atoms with E-state index in [4.69, 9.17) is 4.42 Å². The van der Waals surface area contributed by atoms with Gasteiger partial charge in [-0.15, -0.1) is 10.2 Å². The van der Waals surface area contributed by atoms with Gasteiger partial charge in [-0.05, 0) is 48.9 Å². The van der Waals surface area contributed by atoms with E-state index >= 15 is 0 Å². The molecule has 1 unspecified atom stereocenters. The second-order valence-corrected chi connectivity index (χ2v) is 8.13. The van der Waals surface area contributed by atoms with Crippen LogP contribution in [0, 0.1) is 5.41 Å². The summed E-state index contributed by atoms with van der Waals surface area (Å²) in [5, 5.41) is 9.78. The second kappa shape index (κ2) is 6.37. The quantitative estimate of drug-likeness (QED) is 0.520. The average Bonchev–Trinajstić information content (AvgIpc) is 3.25. The van der Waals surface area contributed by atoms with E-state index in [0.717, 1.165) is 60.5 Å². The molecular formula is C23H21N5O. The molecule has 1 saturated heterocycles. The van der Waals surface area contributed by atoms with E-state index < -0.39 is 0 Å². The summed E-state index contributed by atoms with van der Waals surface area (Å²) in [6.45, 7) is 1.99. The number of hydrogen-bond acceptors (Lipinski definition) is 6. The summed E-state index contributed by atoms with van der Waals surface area (Å²) < 4.78 is 6.03. The Morgan fingerprint density at radius 2 is 1.69 bits per heavy atom. The van der Waals surface area contributed by atoms with Crippen molar-refractivity contribution in [2.75, 3.05) is 18.0 Å². The van der Waals surface area contributed by atoms with Crippen LogP contribution in [0.25, 0.3) is 22.4 Å². The maximum absolute atomic E-state index is 6.03. The van der Waals surface area contributed by atoms with E-state index in [0.29, 0.717) is 17.2 Å². The molecule has 1 aliphatic carbocycles. The number of piperidine rings is 1. The third-order valence-electron chi connectivity index (χ3n) is 6.53. The fourth-order valence-corrected chi connectivity index (χ4v) is 4.73. The molecule has 3 heterocycles. The van der Waals surface area contributed by atoms with Crippen LogP contribution in [-0.2, 0) is 0 Å². The predicted molar refractivity (Wildman–Crippen MR) is 111 cm³/mol. The van der Waals surface area contributed by atoms with Gasteiger partial charge in [0, 0.05) is 30.0 Å². The maximum atomic E-state index is 6.03. The fourth-order valence-electron chi connectivity index (χ4n) is 4.73. The van der Waals surface area contributed by atoms with Crippen molar-refractivity contribution in [3.63, 3.8) is 0 Å². The molecule has 1 saturated carbocycles. The van der Waals surface area contributed by atoms with Crippen LogP contribution in [0.2, 0.25) is 0 Å².